The molecule has 0 heterocycles. The normalized spacial score (nSPS) is 14.1. The van der Waals surface area contributed by atoms with Gasteiger partial charge in [0.25, 0.3) is 0 Å². The number of rotatable bonds is 1. The van der Waals surface area contributed by atoms with Crippen LogP contribution in [0.5, 0.6) is 0 Å². The third kappa shape index (κ3) is 2.78. The molecule has 1 aromatic carbocycles. The first kappa shape index (κ1) is 11.6. The monoisotopic (exact) mass is 246 g/mol. The molecule has 0 saturated carbocycles. The van der Waals surface area contributed by atoms with Crippen LogP contribution in [0.15, 0.2) is 29.2 Å². The van der Waals surface area contributed by atoms with Gasteiger partial charge in [-0.2, -0.15) is 13.2 Å². The van der Waals surface area contributed by atoms with Gasteiger partial charge in [0.1, 0.15) is 0 Å². The van der Waals surface area contributed by atoms with E-state index >= 15 is 0 Å². The van der Waals surface area contributed by atoms with Gasteiger partial charge in [-0.25, -0.2) is 0 Å². The third-order valence-corrected chi connectivity index (χ3v) is 2.89. The lowest BCUT2D eigenvalue weighted by Crippen LogP contribution is -2.04. The molecular formula is C7H6ClF3O2S. The van der Waals surface area contributed by atoms with E-state index in [1.807, 2.05) is 0 Å². The number of hydrogen-bond donors (Lipinski definition) is 2. The highest BCUT2D eigenvalue weighted by molar-refractivity contribution is 8.43. The second kappa shape index (κ2) is 3.62. The van der Waals surface area contributed by atoms with Crippen molar-refractivity contribution in [2.45, 2.75) is 11.1 Å². The van der Waals surface area contributed by atoms with Gasteiger partial charge in [0, 0.05) is 10.7 Å². The molecule has 0 bridgehead atoms. The summed E-state index contributed by atoms with van der Waals surface area (Å²) < 4.78 is 54.0. The summed E-state index contributed by atoms with van der Waals surface area (Å²) in [4.78, 5) is -0.132. The molecule has 0 aliphatic rings. The van der Waals surface area contributed by atoms with E-state index in [0.717, 1.165) is 24.3 Å². The molecule has 0 unspecified atom stereocenters. The van der Waals surface area contributed by atoms with Crippen molar-refractivity contribution in [3.8, 4) is 0 Å². The van der Waals surface area contributed by atoms with E-state index < -0.39 is 21.5 Å². The summed E-state index contributed by atoms with van der Waals surface area (Å²) in [6.07, 6.45) is -4.44. The highest BCUT2D eigenvalue weighted by atomic mass is 35.7. The van der Waals surface area contributed by atoms with Crippen LogP contribution in [0.3, 0.4) is 0 Å². The molecule has 1 rings (SSSR count). The van der Waals surface area contributed by atoms with Crippen LogP contribution in [-0.4, -0.2) is 9.11 Å². The van der Waals surface area contributed by atoms with Gasteiger partial charge in [0.15, 0.2) is 0 Å². The summed E-state index contributed by atoms with van der Waals surface area (Å²) in [5.74, 6) is 0. The molecule has 0 saturated heterocycles. The lowest BCUT2D eigenvalue weighted by atomic mass is 10.2. The molecule has 0 amide bonds. The first-order valence-corrected chi connectivity index (χ1v) is 5.73. The molecule has 0 radical (unpaired) electrons. The van der Waals surface area contributed by atoms with E-state index in [-0.39, 0.29) is 4.90 Å². The average molecular weight is 247 g/mol. The van der Waals surface area contributed by atoms with E-state index in [9.17, 15) is 13.2 Å². The zero-order valence-electron chi connectivity index (χ0n) is 6.62. The SMILES string of the molecule is OS(O)(Cl)c1ccc(C(F)(F)F)cc1. The third-order valence-electron chi connectivity index (χ3n) is 1.48. The Balaban J connectivity index is 3.02. The standard InChI is InChI=1S/C7H6ClF3O2S/c8-14(12,13)6-3-1-5(2-4-6)7(9,10)11/h1-4,12-13H. The molecule has 80 valence electrons. The first-order valence-electron chi connectivity index (χ1n) is 3.36. The summed E-state index contributed by atoms with van der Waals surface area (Å²) in [7, 11) is 1.68. The van der Waals surface area contributed by atoms with Gasteiger partial charge in [-0.1, -0.05) is 9.80 Å². The van der Waals surface area contributed by atoms with Crippen molar-refractivity contribution < 1.29 is 22.3 Å². The Labute approximate surface area is 84.2 Å². The fourth-order valence-corrected chi connectivity index (χ4v) is 1.61. The minimum atomic E-state index is -4.44. The van der Waals surface area contributed by atoms with Gasteiger partial charge < -0.3 is 0 Å². The van der Waals surface area contributed by atoms with Crippen LogP contribution in [0, 0.1) is 0 Å². The molecule has 0 aromatic heterocycles. The molecule has 0 fully saturated rings. The molecule has 0 spiro atoms. The smallest absolute Gasteiger partial charge is 0.281 e. The second-order valence-electron chi connectivity index (χ2n) is 2.50. The van der Waals surface area contributed by atoms with Crippen LogP contribution in [-0.2, 0) is 6.18 Å². The molecular weight excluding hydrogens is 241 g/mol. The number of halogens is 4. The lowest BCUT2D eigenvalue weighted by molar-refractivity contribution is -0.137. The lowest BCUT2D eigenvalue weighted by Gasteiger charge is -2.22. The molecule has 0 aliphatic carbocycles. The van der Waals surface area contributed by atoms with Crippen LogP contribution in [0.4, 0.5) is 13.2 Å². The van der Waals surface area contributed by atoms with E-state index in [1.165, 1.54) is 0 Å². The first-order chi connectivity index (χ1) is 6.21. The van der Waals surface area contributed by atoms with Crippen LogP contribution in [0.25, 0.3) is 0 Å². The van der Waals surface area contributed by atoms with E-state index in [0.29, 0.717) is 0 Å². The minimum absolute atomic E-state index is 0.132. The van der Waals surface area contributed by atoms with Gasteiger partial charge in [-0.05, 0) is 24.3 Å². The Morgan fingerprint density at radius 3 is 1.79 bits per heavy atom. The summed E-state index contributed by atoms with van der Waals surface area (Å²) in [6.45, 7) is 0. The van der Waals surface area contributed by atoms with Gasteiger partial charge in [-0.15, -0.1) is 0 Å². The molecule has 2 nitrogen and oxygen atoms in total. The maximum atomic E-state index is 12.1. The van der Waals surface area contributed by atoms with E-state index in [4.69, 9.17) is 19.8 Å². The van der Waals surface area contributed by atoms with Crippen molar-refractivity contribution in [1.29, 1.82) is 0 Å². The fraction of sp³-hybridized carbons (Fsp3) is 0.143. The molecule has 0 atom stereocenters. The van der Waals surface area contributed by atoms with Crippen LogP contribution in [0.2, 0.25) is 0 Å². The van der Waals surface area contributed by atoms with Crippen molar-refractivity contribution in [3.05, 3.63) is 29.8 Å². The molecule has 2 N–H and O–H groups in total. The largest absolute Gasteiger partial charge is 0.416 e. The van der Waals surface area contributed by atoms with Crippen molar-refractivity contribution in [2.24, 2.45) is 0 Å². The van der Waals surface area contributed by atoms with Crippen LogP contribution < -0.4 is 0 Å². The Morgan fingerprint density at radius 1 is 1.07 bits per heavy atom. The maximum absolute atomic E-state index is 12.1. The van der Waals surface area contributed by atoms with Gasteiger partial charge in [-0.3, -0.25) is 9.11 Å². The van der Waals surface area contributed by atoms with Crippen molar-refractivity contribution in [2.75, 3.05) is 0 Å². The highest BCUT2D eigenvalue weighted by Gasteiger charge is 2.30. The van der Waals surface area contributed by atoms with Crippen LogP contribution >= 0.6 is 20.5 Å². The Hall–Kier alpha value is -0.430. The topological polar surface area (TPSA) is 40.5 Å². The number of alkyl halides is 3. The number of benzene rings is 1. The molecule has 0 aliphatic heterocycles. The molecule has 1 aromatic rings. The fourth-order valence-electron chi connectivity index (χ4n) is 0.817. The van der Waals surface area contributed by atoms with Crippen molar-refractivity contribution in [3.63, 3.8) is 0 Å². The zero-order valence-corrected chi connectivity index (χ0v) is 8.20. The van der Waals surface area contributed by atoms with E-state index in [1.54, 1.807) is 0 Å². The zero-order chi connectivity index (χ0) is 11.0. The molecule has 14 heavy (non-hydrogen) atoms. The minimum Gasteiger partial charge on any atom is -0.281 e. The van der Waals surface area contributed by atoms with Gasteiger partial charge in [0.05, 0.1) is 10.5 Å². The summed E-state index contributed by atoms with van der Waals surface area (Å²) >= 11 is 0. The number of hydrogen-bond acceptors (Lipinski definition) is 2. The van der Waals surface area contributed by atoms with E-state index in [2.05, 4.69) is 0 Å². The van der Waals surface area contributed by atoms with Crippen molar-refractivity contribution >= 4 is 20.5 Å². The maximum Gasteiger partial charge on any atom is 0.416 e. The van der Waals surface area contributed by atoms with Crippen LogP contribution in [0.1, 0.15) is 5.56 Å². The van der Waals surface area contributed by atoms with Gasteiger partial charge in [0.2, 0.25) is 0 Å². The predicted octanol–water partition coefficient (Wildman–Crippen LogP) is 3.97. The average Bonchev–Trinajstić information content (AvgIpc) is 2.01. The van der Waals surface area contributed by atoms with Crippen molar-refractivity contribution in [1.82, 2.24) is 0 Å². The Kier molecular flexibility index (Phi) is 3.01. The quantitative estimate of drug-likeness (QED) is 0.787. The Bertz CT molecular complexity index is 284. The Morgan fingerprint density at radius 2 is 1.50 bits per heavy atom. The predicted molar refractivity (Wildman–Crippen MR) is 48.4 cm³/mol. The van der Waals surface area contributed by atoms with Gasteiger partial charge >= 0.3 is 6.18 Å². The molecule has 7 heteroatoms. The second-order valence-corrected chi connectivity index (χ2v) is 5.22. The summed E-state index contributed by atoms with van der Waals surface area (Å²) in [5, 5.41) is 0. The highest BCUT2D eigenvalue weighted by Crippen LogP contribution is 2.52. The summed E-state index contributed by atoms with van der Waals surface area (Å²) in [5.41, 5.74) is -0.860. The summed E-state index contributed by atoms with van der Waals surface area (Å²) in [6, 6.07) is 3.36.